The molecule has 1 unspecified atom stereocenters. The van der Waals surface area contributed by atoms with Crippen LogP contribution in [-0.4, -0.2) is 30.8 Å². The van der Waals surface area contributed by atoms with E-state index in [1.807, 2.05) is 12.1 Å². The number of likely N-dealkylation sites (tertiary alicyclic amines) is 1. The van der Waals surface area contributed by atoms with Crippen molar-refractivity contribution in [1.29, 1.82) is 0 Å². The molecule has 0 aliphatic carbocycles. The van der Waals surface area contributed by atoms with Crippen LogP contribution in [0.25, 0.3) is 0 Å². The number of ether oxygens (including phenoxy) is 2. The Balaban J connectivity index is 0.00000147. The Morgan fingerprint density at radius 1 is 1.35 bits per heavy atom. The Bertz CT molecular complexity index is 479. The molecule has 1 atom stereocenters. The summed E-state index contributed by atoms with van der Waals surface area (Å²) in [7, 11) is 0. The van der Waals surface area contributed by atoms with Crippen LogP contribution in [0.4, 0.5) is 0 Å². The van der Waals surface area contributed by atoms with Gasteiger partial charge in [-0.2, -0.15) is 0 Å². The number of nitrogens with two attached hydrogens (primary N) is 1. The smallest absolute Gasteiger partial charge is 0.231 e. The first kappa shape index (κ1) is 15.4. The molecule has 2 aliphatic rings. The molecular formula is C15H23ClN2O2. The number of fused-ring (bicyclic) bond motifs is 1. The average Bonchev–Trinajstić information content (AvgIpc) is 2.83. The van der Waals surface area contributed by atoms with Crippen molar-refractivity contribution in [3.8, 4) is 11.5 Å². The Hall–Kier alpha value is -0.970. The summed E-state index contributed by atoms with van der Waals surface area (Å²) in [6.07, 6.45) is 1.05. The van der Waals surface area contributed by atoms with E-state index in [2.05, 4.69) is 24.8 Å². The minimum Gasteiger partial charge on any atom is -0.454 e. The van der Waals surface area contributed by atoms with Gasteiger partial charge in [-0.05, 0) is 17.9 Å². The van der Waals surface area contributed by atoms with Crippen LogP contribution >= 0.6 is 12.4 Å². The first-order chi connectivity index (χ1) is 9.06. The van der Waals surface area contributed by atoms with Gasteiger partial charge in [0.25, 0.3) is 0 Å². The van der Waals surface area contributed by atoms with E-state index in [4.69, 9.17) is 15.2 Å². The summed E-state index contributed by atoms with van der Waals surface area (Å²) < 4.78 is 11.0. The van der Waals surface area contributed by atoms with Crippen LogP contribution in [0.5, 0.6) is 11.5 Å². The highest BCUT2D eigenvalue weighted by atomic mass is 35.5. The zero-order chi connectivity index (χ0) is 13.5. The van der Waals surface area contributed by atoms with Gasteiger partial charge in [0.05, 0.1) is 0 Å². The quantitative estimate of drug-likeness (QED) is 0.911. The molecule has 1 saturated heterocycles. The number of hydrogen-bond acceptors (Lipinski definition) is 4. The monoisotopic (exact) mass is 298 g/mol. The van der Waals surface area contributed by atoms with Gasteiger partial charge in [-0.1, -0.05) is 26.0 Å². The molecule has 112 valence electrons. The van der Waals surface area contributed by atoms with Crippen molar-refractivity contribution in [2.75, 3.05) is 19.9 Å². The third-order valence-electron chi connectivity index (χ3n) is 4.26. The summed E-state index contributed by atoms with van der Waals surface area (Å²) in [6, 6.07) is 6.41. The third-order valence-corrected chi connectivity index (χ3v) is 4.26. The minimum atomic E-state index is 0. The zero-order valence-corrected chi connectivity index (χ0v) is 12.9. The predicted molar refractivity (Wildman–Crippen MR) is 81.5 cm³/mol. The van der Waals surface area contributed by atoms with Crippen molar-refractivity contribution in [2.45, 2.75) is 32.9 Å². The molecule has 3 rings (SSSR count). The van der Waals surface area contributed by atoms with Crippen LogP contribution < -0.4 is 15.2 Å². The van der Waals surface area contributed by atoms with E-state index in [-0.39, 0.29) is 17.8 Å². The van der Waals surface area contributed by atoms with Gasteiger partial charge in [0, 0.05) is 31.2 Å². The second-order valence-electron chi connectivity index (χ2n) is 6.25. The first-order valence-electron chi connectivity index (χ1n) is 6.92. The van der Waals surface area contributed by atoms with Crippen LogP contribution in [-0.2, 0) is 6.54 Å². The maximum Gasteiger partial charge on any atom is 0.231 e. The topological polar surface area (TPSA) is 47.7 Å². The van der Waals surface area contributed by atoms with E-state index in [1.165, 1.54) is 5.56 Å². The van der Waals surface area contributed by atoms with Crippen molar-refractivity contribution < 1.29 is 9.47 Å². The standard InChI is InChI=1S/C15H22N2O2.ClH/c1-15(2)9-17(7-6-13(15)16)8-11-4-3-5-12-14(11)19-10-18-12;/h3-5,13H,6-10,16H2,1-2H3;1H. The lowest BCUT2D eigenvalue weighted by atomic mass is 9.79. The van der Waals surface area contributed by atoms with Gasteiger partial charge < -0.3 is 15.2 Å². The number of nitrogens with zero attached hydrogens (tertiary/aromatic N) is 1. The molecule has 1 aromatic carbocycles. The van der Waals surface area contributed by atoms with Gasteiger partial charge in [-0.25, -0.2) is 0 Å². The van der Waals surface area contributed by atoms with Crippen LogP contribution in [0.15, 0.2) is 18.2 Å². The zero-order valence-electron chi connectivity index (χ0n) is 12.1. The molecule has 2 aliphatic heterocycles. The maximum atomic E-state index is 6.19. The molecule has 0 saturated carbocycles. The molecule has 0 amide bonds. The number of rotatable bonds is 2. The lowest BCUT2D eigenvalue weighted by Gasteiger charge is -2.42. The summed E-state index contributed by atoms with van der Waals surface area (Å²) in [4.78, 5) is 2.46. The van der Waals surface area contributed by atoms with E-state index in [1.54, 1.807) is 0 Å². The molecule has 2 N–H and O–H groups in total. The predicted octanol–water partition coefficient (Wildman–Crippen LogP) is 2.40. The van der Waals surface area contributed by atoms with E-state index in [0.29, 0.717) is 12.8 Å². The maximum absolute atomic E-state index is 6.19. The summed E-state index contributed by atoms with van der Waals surface area (Å²) in [6.45, 7) is 7.82. The second-order valence-corrected chi connectivity index (χ2v) is 6.25. The Kier molecular flexibility index (Phi) is 4.47. The van der Waals surface area contributed by atoms with E-state index < -0.39 is 0 Å². The molecule has 0 aromatic heterocycles. The molecule has 1 aromatic rings. The van der Waals surface area contributed by atoms with Gasteiger partial charge in [-0.15, -0.1) is 12.4 Å². The van der Waals surface area contributed by atoms with Crippen molar-refractivity contribution in [2.24, 2.45) is 11.1 Å². The first-order valence-corrected chi connectivity index (χ1v) is 6.92. The fourth-order valence-electron chi connectivity index (χ4n) is 2.98. The van der Waals surface area contributed by atoms with E-state index in [9.17, 15) is 0 Å². The van der Waals surface area contributed by atoms with Gasteiger partial charge in [0.15, 0.2) is 11.5 Å². The summed E-state index contributed by atoms with van der Waals surface area (Å²) in [5, 5.41) is 0. The highest BCUT2D eigenvalue weighted by Crippen LogP contribution is 2.37. The van der Waals surface area contributed by atoms with Gasteiger partial charge in [0.1, 0.15) is 0 Å². The highest BCUT2D eigenvalue weighted by molar-refractivity contribution is 5.85. The number of halogens is 1. The lowest BCUT2D eigenvalue weighted by molar-refractivity contribution is 0.0888. The number of hydrogen-bond donors (Lipinski definition) is 1. The molecule has 5 heteroatoms. The van der Waals surface area contributed by atoms with Crippen molar-refractivity contribution in [3.63, 3.8) is 0 Å². The molecule has 4 nitrogen and oxygen atoms in total. The van der Waals surface area contributed by atoms with Crippen molar-refractivity contribution >= 4 is 12.4 Å². The molecule has 0 spiro atoms. The Labute approximate surface area is 126 Å². The van der Waals surface area contributed by atoms with Crippen LogP contribution in [0.1, 0.15) is 25.8 Å². The van der Waals surface area contributed by atoms with Crippen molar-refractivity contribution in [3.05, 3.63) is 23.8 Å². The molecule has 0 radical (unpaired) electrons. The second kappa shape index (κ2) is 5.80. The summed E-state index contributed by atoms with van der Waals surface area (Å²) >= 11 is 0. The fourth-order valence-corrected chi connectivity index (χ4v) is 2.98. The number of benzene rings is 1. The number of piperidine rings is 1. The molecule has 1 fully saturated rings. The van der Waals surface area contributed by atoms with Crippen molar-refractivity contribution in [1.82, 2.24) is 4.90 Å². The normalized spacial score (nSPS) is 24.2. The molecule has 20 heavy (non-hydrogen) atoms. The highest BCUT2D eigenvalue weighted by Gasteiger charge is 2.33. The Morgan fingerprint density at radius 3 is 2.90 bits per heavy atom. The minimum absolute atomic E-state index is 0. The van der Waals surface area contributed by atoms with Crippen LogP contribution in [0.3, 0.4) is 0 Å². The molecular weight excluding hydrogens is 276 g/mol. The van der Waals surface area contributed by atoms with Gasteiger partial charge in [0.2, 0.25) is 6.79 Å². The SMILES string of the molecule is CC1(C)CN(Cc2cccc3c2OCO3)CCC1N.Cl. The summed E-state index contributed by atoms with van der Waals surface area (Å²) in [5.74, 6) is 1.78. The number of para-hydroxylation sites is 1. The fraction of sp³-hybridized carbons (Fsp3) is 0.600. The van der Waals surface area contributed by atoms with E-state index in [0.717, 1.165) is 37.6 Å². The largest absolute Gasteiger partial charge is 0.454 e. The van der Waals surface area contributed by atoms with E-state index >= 15 is 0 Å². The summed E-state index contributed by atoms with van der Waals surface area (Å²) in [5.41, 5.74) is 7.57. The van der Waals surface area contributed by atoms with Gasteiger partial charge in [-0.3, -0.25) is 4.90 Å². The molecule has 0 bridgehead atoms. The Morgan fingerprint density at radius 2 is 2.15 bits per heavy atom. The molecule has 2 heterocycles. The van der Waals surface area contributed by atoms with Crippen LogP contribution in [0.2, 0.25) is 0 Å². The van der Waals surface area contributed by atoms with Gasteiger partial charge >= 0.3 is 0 Å². The average molecular weight is 299 g/mol. The van der Waals surface area contributed by atoms with Crippen LogP contribution in [0, 0.1) is 5.41 Å². The lowest BCUT2D eigenvalue weighted by Crippen LogP contribution is -2.52. The third kappa shape index (κ3) is 2.87.